The van der Waals surface area contributed by atoms with Crippen LogP contribution < -0.4 is 5.56 Å². The zero-order valence-electron chi connectivity index (χ0n) is 15.7. The predicted molar refractivity (Wildman–Crippen MR) is 102 cm³/mol. The Morgan fingerprint density at radius 1 is 1.35 bits per heavy atom. The molecule has 140 valence electrons. The number of nitrogens with zero attached hydrogens (tertiary/aromatic N) is 1. The minimum absolute atomic E-state index is 0.00106. The predicted octanol–water partition coefficient (Wildman–Crippen LogP) is 3.20. The van der Waals surface area contributed by atoms with E-state index in [4.69, 9.17) is 14.2 Å². The van der Waals surface area contributed by atoms with Gasteiger partial charge in [0, 0.05) is 39.7 Å². The third-order valence-corrected chi connectivity index (χ3v) is 5.06. The van der Waals surface area contributed by atoms with Crippen molar-refractivity contribution in [1.82, 2.24) is 4.57 Å². The Balaban J connectivity index is 1.57. The Labute approximate surface area is 154 Å². The van der Waals surface area contributed by atoms with Gasteiger partial charge in [0.2, 0.25) is 0 Å². The number of fused-ring (bicyclic) bond motifs is 1. The molecule has 0 radical (unpaired) electrons. The maximum Gasteiger partial charge on any atom is 0.250 e. The van der Waals surface area contributed by atoms with Gasteiger partial charge in [0.25, 0.3) is 5.56 Å². The van der Waals surface area contributed by atoms with Gasteiger partial charge in [-0.1, -0.05) is 18.2 Å². The van der Waals surface area contributed by atoms with Crippen LogP contribution in [0.15, 0.2) is 47.3 Å². The summed E-state index contributed by atoms with van der Waals surface area (Å²) in [5.41, 5.74) is 1.78. The molecule has 1 fully saturated rings. The molecule has 5 heteroatoms. The Morgan fingerprint density at radius 3 is 2.96 bits per heavy atom. The second kappa shape index (κ2) is 8.16. The number of pyridine rings is 1. The molecule has 0 bridgehead atoms. The number of aromatic nitrogens is 1. The molecule has 0 unspecified atom stereocenters. The van der Waals surface area contributed by atoms with Crippen LogP contribution in [0.5, 0.6) is 0 Å². The van der Waals surface area contributed by atoms with Crippen molar-refractivity contribution in [2.45, 2.75) is 38.1 Å². The number of aryl methyl sites for hydroxylation is 1. The maximum atomic E-state index is 11.7. The topological polar surface area (TPSA) is 49.7 Å². The van der Waals surface area contributed by atoms with Crippen molar-refractivity contribution >= 4 is 10.9 Å². The number of hydrogen-bond donors (Lipinski definition) is 0. The van der Waals surface area contributed by atoms with E-state index in [1.54, 1.807) is 24.8 Å². The highest BCUT2D eigenvalue weighted by Crippen LogP contribution is 2.29. The van der Waals surface area contributed by atoms with Gasteiger partial charge < -0.3 is 18.8 Å². The monoisotopic (exact) mass is 357 g/mol. The Kier molecular flexibility index (Phi) is 5.91. The van der Waals surface area contributed by atoms with Crippen LogP contribution in [0.25, 0.3) is 10.9 Å². The van der Waals surface area contributed by atoms with Gasteiger partial charge in [-0.2, -0.15) is 0 Å². The summed E-state index contributed by atoms with van der Waals surface area (Å²) in [6.45, 7) is 3.86. The Hall–Kier alpha value is -1.95. The molecule has 1 aliphatic rings. The van der Waals surface area contributed by atoms with Crippen LogP contribution in [0, 0.1) is 0 Å². The first-order chi connectivity index (χ1) is 12.5. The van der Waals surface area contributed by atoms with Gasteiger partial charge in [-0.25, -0.2) is 0 Å². The number of rotatable bonds is 6. The van der Waals surface area contributed by atoms with Crippen molar-refractivity contribution in [3.8, 4) is 0 Å². The summed E-state index contributed by atoms with van der Waals surface area (Å²) in [6.07, 6.45) is 6.09. The fraction of sp³-hybridized carbons (Fsp3) is 0.476. The summed E-state index contributed by atoms with van der Waals surface area (Å²) in [7, 11) is 3.54. The molecule has 2 heterocycles. The molecule has 1 aromatic carbocycles. The second-order valence-electron chi connectivity index (χ2n) is 6.95. The Morgan fingerprint density at radius 2 is 2.19 bits per heavy atom. The third-order valence-electron chi connectivity index (χ3n) is 5.06. The van der Waals surface area contributed by atoms with Crippen molar-refractivity contribution in [1.29, 1.82) is 0 Å². The van der Waals surface area contributed by atoms with Crippen LogP contribution in [0.4, 0.5) is 0 Å². The summed E-state index contributed by atoms with van der Waals surface area (Å²) < 4.78 is 18.8. The first-order valence-electron chi connectivity index (χ1n) is 9.04. The lowest BCUT2D eigenvalue weighted by Gasteiger charge is -2.36. The lowest BCUT2D eigenvalue weighted by molar-refractivity contribution is -0.0910. The normalized spacial score (nSPS) is 23.7. The van der Waals surface area contributed by atoms with Crippen LogP contribution >= 0.6 is 0 Å². The van der Waals surface area contributed by atoms with Crippen LogP contribution in [0.3, 0.4) is 0 Å². The molecule has 5 nitrogen and oxygen atoms in total. The van der Waals surface area contributed by atoms with Crippen molar-refractivity contribution in [3.05, 3.63) is 58.4 Å². The molecule has 0 aliphatic carbocycles. The quantitative estimate of drug-likeness (QED) is 0.588. The third kappa shape index (κ3) is 4.23. The van der Waals surface area contributed by atoms with E-state index in [0.717, 1.165) is 35.9 Å². The summed E-state index contributed by atoms with van der Waals surface area (Å²) >= 11 is 0. The minimum atomic E-state index is -0.241. The summed E-state index contributed by atoms with van der Waals surface area (Å²) in [6, 6.07) is 9.48. The van der Waals surface area contributed by atoms with Crippen LogP contribution in [-0.4, -0.2) is 36.6 Å². The molecular formula is C21H27NO4. The van der Waals surface area contributed by atoms with Gasteiger partial charge in [-0.05, 0) is 36.1 Å². The second-order valence-corrected chi connectivity index (χ2v) is 6.95. The van der Waals surface area contributed by atoms with Crippen molar-refractivity contribution < 1.29 is 14.2 Å². The molecular weight excluding hydrogens is 330 g/mol. The van der Waals surface area contributed by atoms with Gasteiger partial charge in [-0.15, -0.1) is 0 Å². The minimum Gasteiger partial charge on any atom is -0.378 e. The molecule has 0 N–H and O–H groups in total. The van der Waals surface area contributed by atoms with Crippen LogP contribution in [-0.2, 0) is 27.9 Å². The molecule has 1 aliphatic heterocycles. The highest BCUT2D eigenvalue weighted by Gasteiger charge is 2.32. The van der Waals surface area contributed by atoms with E-state index in [0.29, 0.717) is 13.2 Å². The molecule has 0 spiro atoms. The average Bonchev–Trinajstić information content (AvgIpc) is 2.64. The molecule has 1 saturated heterocycles. The molecule has 2 atom stereocenters. The number of benzene rings is 1. The smallest absolute Gasteiger partial charge is 0.250 e. The first-order valence-corrected chi connectivity index (χ1v) is 9.04. The van der Waals surface area contributed by atoms with E-state index >= 15 is 0 Å². The maximum absolute atomic E-state index is 11.7. The van der Waals surface area contributed by atoms with Gasteiger partial charge in [0.05, 0.1) is 30.4 Å². The molecule has 0 amide bonds. The van der Waals surface area contributed by atoms with Crippen molar-refractivity contribution in [3.63, 3.8) is 0 Å². The van der Waals surface area contributed by atoms with Crippen molar-refractivity contribution in [2.75, 3.05) is 20.3 Å². The van der Waals surface area contributed by atoms with E-state index in [2.05, 4.69) is 19.1 Å². The van der Waals surface area contributed by atoms with Gasteiger partial charge >= 0.3 is 0 Å². The molecule has 3 rings (SSSR count). The standard InChI is InChI=1S/C21H27NO4/c1-16-14-21(24-3,10-12-26-16)9-4-11-25-15-17-5-7-19-18(13-17)6-8-20(23)22(19)2/h4-9,13,16H,10-12,14-15H2,1-3H3/b9-4+/t16-,21+/m0/s1. The summed E-state index contributed by atoms with van der Waals surface area (Å²) in [4.78, 5) is 11.7. The fourth-order valence-electron chi connectivity index (χ4n) is 3.52. The number of ether oxygens (including phenoxy) is 3. The summed E-state index contributed by atoms with van der Waals surface area (Å²) in [5.74, 6) is 0. The van der Waals surface area contributed by atoms with Gasteiger partial charge in [0.1, 0.15) is 0 Å². The SMILES string of the molecule is CO[C@]1(/C=C/COCc2ccc3c(ccc(=O)n3C)c2)CCO[C@@H](C)C1. The van der Waals surface area contributed by atoms with E-state index < -0.39 is 0 Å². The lowest BCUT2D eigenvalue weighted by Crippen LogP contribution is -2.39. The fourth-order valence-corrected chi connectivity index (χ4v) is 3.52. The first kappa shape index (κ1) is 18.8. The van der Waals surface area contributed by atoms with Gasteiger partial charge in [-0.3, -0.25) is 4.79 Å². The molecule has 2 aromatic rings. The largest absolute Gasteiger partial charge is 0.378 e. The van der Waals surface area contributed by atoms with E-state index in [1.807, 2.05) is 24.3 Å². The highest BCUT2D eigenvalue weighted by atomic mass is 16.5. The van der Waals surface area contributed by atoms with E-state index in [-0.39, 0.29) is 17.3 Å². The Bertz CT molecular complexity index is 842. The van der Waals surface area contributed by atoms with Crippen LogP contribution in [0.1, 0.15) is 25.3 Å². The summed E-state index contributed by atoms with van der Waals surface area (Å²) in [5, 5.41) is 1.04. The van der Waals surface area contributed by atoms with Crippen molar-refractivity contribution in [2.24, 2.45) is 7.05 Å². The molecule has 0 saturated carbocycles. The zero-order valence-corrected chi connectivity index (χ0v) is 15.7. The number of hydrogen-bond acceptors (Lipinski definition) is 4. The van der Waals surface area contributed by atoms with Gasteiger partial charge in [0.15, 0.2) is 0 Å². The van der Waals surface area contributed by atoms with E-state index in [9.17, 15) is 4.79 Å². The van der Waals surface area contributed by atoms with E-state index in [1.165, 1.54) is 0 Å². The zero-order chi connectivity index (χ0) is 18.6. The molecule has 26 heavy (non-hydrogen) atoms. The lowest BCUT2D eigenvalue weighted by atomic mass is 9.90. The number of methoxy groups -OCH3 is 1. The highest BCUT2D eigenvalue weighted by molar-refractivity contribution is 5.79. The van der Waals surface area contributed by atoms with Crippen LogP contribution in [0.2, 0.25) is 0 Å². The average molecular weight is 357 g/mol. The molecule has 1 aromatic heterocycles.